The maximum absolute atomic E-state index is 12.5. The van der Waals surface area contributed by atoms with Crippen LogP contribution in [-0.2, 0) is 16.0 Å². The summed E-state index contributed by atoms with van der Waals surface area (Å²) in [5, 5.41) is 0. The molecule has 1 heterocycles. The first kappa shape index (κ1) is 16.1. The Morgan fingerprint density at radius 1 is 1.24 bits per heavy atom. The molecular weight excluding hydrogens is 288 g/mol. The van der Waals surface area contributed by atoms with Crippen LogP contribution in [0.1, 0.15) is 31.2 Å². The second kappa shape index (κ2) is 7.14. The van der Waals surface area contributed by atoms with Crippen molar-refractivity contribution < 1.29 is 9.53 Å². The second-order valence-electron chi connectivity index (χ2n) is 5.77. The van der Waals surface area contributed by atoms with Crippen LogP contribution < -0.4 is 5.73 Å². The number of anilines is 1. The molecule has 1 aromatic carbocycles. The van der Waals surface area contributed by atoms with Gasteiger partial charge in [-0.1, -0.05) is 25.0 Å². The van der Waals surface area contributed by atoms with Crippen LogP contribution in [0, 0.1) is 0 Å². The minimum Gasteiger partial charge on any atom is -0.399 e. The molecule has 1 saturated heterocycles. The number of hydrogen-bond acceptors (Lipinski definition) is 3. The molecule has 3 rings (SSSR count). The van der Waals surface area contributed by atoms with Crippen LogP contribution in [-0.4, -0.2) is 36.1 Å². The normalized spacial score (nSPS) is 24.9. The van der Waals surface area contributed by atoms with E-state index in [1.165, 1.54) is 12.8 Å². The SMILES string of the molecule is Cl.Nc1ccc(CC(=O)N2CCOC3CCCCC32)cc1. The van der Waals surface area contributed by atoms with Gasteiger partial charge >= 0.3 is 0 Å². The lowest BCUT2D eigenvalue weighted by Gasteiger charge is -2.43. The molecule has 5 heteroatoms. The summed E-state index contributed by atoms with van der Waals surface area (Å²) in [6, 6.07) is 7.87. The average molecular weight is 311 g/mol. The average Bonchev–Trinajstić information content (AvgIpc) is 2.49. The summed E-state index contributed by atoms with van der Waals surface area (Å²) in [5.74, 6) is 0.218. The third kappa shape index (κ3) is 3.69. The number of carbonyl (C=O) groups is 1. The zero-order valence-corrected chi connectivity index (χ0v) is 13.0. The fourth-order valence-electron chi connectivity index (χ4n) is 3.32. The largest absolute Gasteiger partial charge is 0.399 e. The summed E-state index contributed by atoms with van der Waals surface area (Å²) in [4.78, 5) is 14.6. The molecule has 1 amide bonds. The van der Waals surface area contributed by atoms with Crippen molar-refractivity contribution in [3.05, 3.63) is 29.8 Å². The number of rotatable bonds is 2. The van der Waals surface area contributed by atoms with Crippen molar-refractivity contribution in [2.24, 2.45) is 0 Å². The highest BCUT2D eigenvalue weighted by atomic mass is 35.5. The van der Waals surface area contributed by atoms with Gasteiger partial charge in [-0.3, -0.25) is 4.79 Å². The van der Waals surface area contributed by atoms with Crippen molar-refractivity contribution in [3.63, 3.8) is 0 Å². The van der Waals surface area contributed by atoms with E-state index >= 15 is 0 Å². The minimum atomic E-state index is 0. The van der Waals surface area contributed by atoms with E-state index in [1.807, 2.05) is 29.2 Å². The number of benzene rings is 1. The van der Waals surface area contributed by atoms with Crippen LogP contribution in [0.2, 0.25) is 0 Å². The molecule has 2 unspecified atom stereocenters. The molecule has 0 aromatic heterocycles. The number of fused-ring (bicyclic) bond motifs is 1. The summed E-state index contributed by atoms with van der Waals surface area (Å²) in [6.45, 7) is 1.41. The van der Waals surface area contributed by atoms with Gasteiger partial charge in [-0.15, -0.1) is 12.4 Å². The van der Waals surface area contributed by atoms with Gasteiger partial charge in [-0.05, 0) is 30.5 Å². The molecular formula is C16H23ClN2O2. The monoisotopic (exact) mass is 310 g/mol. The fourth-order valence-corrected chi connectivity index (χ4v) is 3.32. The van der Waals surface area contributed by atoms with E-state index in [4.69, 9.17) is 10.5 Å². The summed E-state index contributed by atoms with van der Waals surface area (Å²) in [5.41, 5.74) is 7.44. The molecule has 1 saturated carbocycles. The van der Waals surface area contributed by atoms with Crippen molar-refractivity contribution in [2.45, 2.75) is 44.2 Å². The Kier molecular flexibility index (Phi) is 5.48. The Bertz CT molecular complexity index is 476. The van der Waals surface area contributed by atoms with E-state index in [9.17, 15) is 4.79 Å². The lowest BCUT2D eigenvalue weighted by Crippen LogP contribution is -2.55. The lowest BCUT2D eigenvalue weighted by molar-refractivity contribution is -0.148. The number of hydrogen-bond donors (Lipinski definition) is 1. The number of amides is 1. The number of nitrogens with zero attached hydrogens (tertiary/aromatic N) is 1. The third-order valence-corrected chi connectivity index (χ3v) is 4.39. The van der Waals surface area contributed by atoms with Gasteiger partial charge in [0, 0.05) is 12.2 Å². The molecule has 0 spiro atoms. The van der Waals surface area contributed by atoms with Crippen molar-refractivity contribution in [1.82, 2.24) is 4.90 Å². The van der Waals surface area contributed by atoms with E-state index in [0.717, 1.165) is 30.6 Å². The van der Waals surface area contributed by atoms with Gasteiger partial charge < -0.3 is 15.4 Å². The predicted molar refractivity (Wildman–Crippen MR) is 85.5 cm³/mol. The van der Waals surface area contributed by atoms with Gasteiger partial charge in [0.1, 0.15) is 0 Å². The Hall–Kier alpha value is -1.26. The predicted octanol–water partition coefficient (Wildman–Crippen LogP) is 2.40. The first-order valence-electron chi connectivity index (χ1n) is 7.49. The lowest BCUT2D eigenvalue weighted by atomic mass is 9.90. The van der Waals surface area contributed by atoms with Crippen molar-refractivity contribution in [3.8, 4) is 0 Å². The van der Waals surface area contributed by atoms with Gasteiger partial charge in [0.05, 0.1) is 25.2 Å². The molecule has 0 radical (unpaired) electrons. The number of carbonyl (C=O) groups excluding carboxylic acids is 1. The molecule has 21 heavy (non-hydrogen) atoms. The van der Waals surface area contributed by atoms with E-state index < -0.39 is 0 Å². The van der Waals surface area contributed by atoms with Gasteiger partial charge in [-0.25, -0.2) is 0 Å². The number of halogens is 1. The maximum Gasteiger partial charge on any atom is 0.227 e. The Morgan fingerprint density at radius 2 is 1.95 bits per heavy atom. The van der Waals surface area contributed by atoms with Crippen LogP contribution >= 0.6 is 12.4 Å². The van der Waals surface area contributed by atoms with Gasteiger partial charge in [0.25, 0.3) is 0 Å². The smallest absolute Gasteiger partial charge is 0.227 e. The Balaban J connectivity index is 0.00000161. The number of nitrogen functional groups attached to an aromatic ring is 1. The molecule has 1 aliphatic heterocycles. The fraction of sp³-hybridized carbons (Fsp3) is 0.562. The maximum atomic E-state index is 12.5. The molecule has 116 valence electrons. The number of morpholine rings is 1. The Labute approximate surface area is 132 Å². The van der Waals surface area contributed by atoms with E-state index in [2.05, 4.69) is 0 Å². The number of ether oxygens (including phenoxy) is 1. The molecule has 2 aliphatic rings. The molecule has 2 N–H and O–H groups in total. The molecule has 2 fully saturated rings. The van der Waals surface area contributed by atoms with Crippen molar-refractivity contribution in [1.29, 1.82) is 0 Å². The minimum absolute atomic E-state index is 0. The molecule has 1 aromatic rings. The van der Waals surface area contributed by atoms with Crippen molar-refractivity contribution >= 4 is 24.0 Å². The summed E-state index contributed by atoms with van der Waals surface area (Å²) in [6.07, 6.45) is 5.32. The first-order chi connectivity index (χ1) is 9.74. The van der Waals surface area contributed by atoms with Crippen LogP contribution in [0.5, 0.6) is 0 Å². The zero-order valence-electron chi connectivity index (χ0n) is 12.2. The van der Waals surface area contributed by atoms with Crippen LogP contribution in [0.4, 0.5) is 5.69 Å². The summed E-state index contributed by atoms with van der Waals surface area (Å²) < 4.78 is 5.82. The van der Waals surface area contributed by atoms with E-state index in [-0.39, 0.29) is 24.4 Å². The highest BCUT2D eigenvalue weighted by Gasteiger charge is 2.36. The van der Waals surface area contributed by atoms with Crippen molar-refractivity contribution in [2.75, 3.05) is 18.9 Å². The van der Waals surface area contributed by atoms with E-state index in [0.29, 0.717) is 19.1 Å². The third-order valence-electron chi connectivity index (χ3n) is 4.39. The van der Waals surface area contributed by atoms with Gasteiger partial charge in [0.2, 0.25) is 5.91 Å². The Morgan fingerprint density at radius 3 is 2.71 bits per heavy atom. The van der Waals surface area contributed by atoms with Crippen LogP contribution in [0.3, 0.4) is 0 Å². The first-order valence-corrected chi connectivity index (χ1v) is 7.49. The van der Waals surface area contributed by atoms with Crippen LogP contribution in [0.15, 0.2) is 24.3 Å². The topological polar surface area (TPSA) is 55.6 Å². The number of nitrogens with two attached hydrogens (primary N) is 1. The summed E-state index contributed by atoms with van der Waals surface area (Å²) >= 11 is 0. The molecule has 1 aliphatic carbocycles. The highest BCUT2D eigenvalue weighted by Crippen LogP contribution is 2.28. The molecule has 0 bridgehead atoms. The molecule has 4 nitrogen and oxygen atoms in total. The summed E-state index contributed by atoms with van der Waals surface area (Å²) in [7, 11) is 0. The van der Waals surface area contributed by atoms with Gasteiger partial charge in [0.15, 0.2) is 0 Å². The highest BCUT2D eigenvalue weighted by molar-refractivity contribution is 5.85. The standard InChI is InChI=1S/C16H22N2O2.ClH/c17-13-7-5-12(6-8-13)11-16(19)18-9-10-20-15-4-2-1-3-14(15)18;/h5-8,14-15H,1-4,9-11,17H2;1H. The quantitative estimate of drug-likeness (QED) is 0.853. The van der Waals surface area contributed by atoms with Gasteiger partial charge in [-0.2, -0.15) is 0 Å². The second-order valence-corrected chi connectivity index (χ2v) is 5.77. The van der Waals surface area contributed by atoms with Crippen LogP contribution in [0.25, 0.3) is 0 Å². The molecule has 2 atom stereocenters. The van der Waals surface area contributed by atoms with E-state index in [1.54, 1.807) is 0 Å². The zero-order chi connectivity index (χ0) is 13.9.